The summed E-state index contributed by atoms with van der Waals surface area (Å²) in [6.07, 6.45) is 2.74. The minimum absolute atomic E-state index is 0.0583. The normalized spacial score (nSPS) is 28.0. The van der Waals surface area contributed by atoms with Gasteiger partial charge in [-0.25, -0.2) is 0 Å². The summed E-state index contributed by atoms with van der Waals surface area (Å²) in [4.78, 5) is 12.7. The molecule has 6 heteroatoms. The fraction of sp³-hybridized carbons (Fsp3) is 0.450. The molecule has 1 aromatic carbocycles. The molecule has 1 saturated heterocycles. The number of hydrogen-bond acceptors (Lipinski definition) is 4. The Hall–Kier alpha value is -1.40. The maximum absolute atomic E-state index is 11.4. The van der Waals surface area contributed by atoms with Crippen LogP contribution in [0.1, 0.15) is 48.7 Å². The third-order valence-corrected chi connectivity index (χ3v) is 6.70. The van der Waals surface area contributed by atoms with E-state index in [4.69, 9.17) is 16.3 Å². The Kier molecular flexibility index (Phi) is 4.82. The lowest BCUT2D eigenvalue weighted by atomic mass is 9.78. The summed E-state index contributed by atoms with van der Waals surface area (Å²) in [5, 5.41) is 6.57. The Morgan fingerprint density at radius 3 is 3.04 bits per heavy atom. The number of rotatable bonds is 2. The number of ether oxygens (including phenoxy) is 1. The summed E-state index contributed by atoms with van der Waals surface area (Å²) in [5.41, 5.74) is 3.06. The lowest BCUT2D eigenvalue weighted by Gasteiger charge is -2.46. The van der Waals surface area contributed by atoms with Crippen LogP contribution in [0.3, 0.4) is 0 Å². The molecule has 0 aliphatic carbocycles. The summed E-state index contributed by atoms with van der Waals surface area (Å²) in [6.45, 7) is 4.48. The van der Waals surface area contributed by atoms with E-state index in [9.17, 15) is 4.79 Å². The molecule has 2 N–H and O–H groups in total. The molecule has 2 aliphatic rings. The van der Waals surface area contributed by atoms with Gasteiger partial charge in [-0.15, -0.1) is 11.3 Å². The topological polar surface area (TPSA) is 50.4 Å². The largest absolute Gasteiger partial charge is 0.369 e. The molecule has 138 valence electrons. The third kappa shape index (κ3) is 3.41. The standard InChI is InChI=1S/C20H23ClN2O2S/c1-12-10-20(19-15(6-7-25-20)9-18(21)26-19)11-17(22-12)14-4-3-5-16(8-14)23-13(2)24/h3-5,8-9,12,17,22H,6-7,10-11H2,1-2H3,(H,23,24)/t12-,17-,20-/m0/s1. The molecular weight excluding hydrogens is 368 g/mol. The van der Waals surface area contributed by atoms with E-state index in [1.54, 1.807) is 11.3 Å². The van der Waals surface area contributed by atoms with Gasteiger partial charge in [0.25, 0.3) is 0 Å². The van der Waals surface area contributed by atoms with Crippen LogP contribution in [0.4, 0.5) is 5.69 Å². The van der Waals surface area contributed by atoms with Crippen LogP contribution in [-0.2, 0) is 21.6 Å². The number of amides is 1. The average molecular weight is 391 g/mol. The SMILES string of the molecule is CC(=O)Nc1cccc([C@@H]2C[C@]3(C[C@H](C)N2)OCCc2cc(Cl)sc23)c1. The molecule has 1 fully saturated rings. The number of thiophene rings is 1. The van der Waals surface area contributed by atoms with Gasteiger partial charge in [-0.1, -0.05) is 23.7 Å². The molecule has 0 saturated carbocycles. The van der Waals surface area contributed by atoms with E-state index >= 15 is 0 Å². The van der Waals surface area contributed by atoms with Crippen molar-refractivity contribution >= 4 is 34.5 Å². The van der Waals surface area contributed by atoms with Gasteiger partial charge in [0.1, 0.15) is 5.60 Å². The summed E-state index contributed by atoms with van der Waals surface area (Å²) < 4.78 is 7.25. The van der Waals surface area contributed by atoms with E-state index in [0.717, 1.165) is 35.9 Å². The molecule has 1 aromatic heterocycles. The predicted molar refractivity (Wildman–Crippen MR) is 106 cm³/mol. The van der Waals surface area contributed by atoms with Crippen molar-refractivity contribution < 1.29 is 9.53 Å². The molecule has 1 spiro atoms. The van der Waals surface area contributed by atoms with E-state index in [1.165, 1.54) is 22.9 Å². The van der Waals surface area contributed by atoms with Crippen molar-refractivity contribution in [3.63, 3.8) is 0 Å². The van der Waals surface area contributed by atoms with Crippen molar-refractivity contribution in [2.24, 2.45) is 0 Å². The molecule has 0 bridgehead atoms. The van der Waals surface area contributed by atoms with Gasteiger partial charge < -0.3 is 15.4 Å². The van der Waals surface area contributed by atoms with E-state index in [-0.39, 0.29) is 17.6 Å². The zero-order valence-corrected chi connectivity index (χ0v) is 16.5. The van der Waals surface area contributed by atoms with E-state index < -0.39 is 0 Å². The summed E-state index contributed by atoms with van der Waals surface area (Å²) in [5.74, 6) is -0.0583. The first-order valence-corrected chi connectivity index (χ1v) is 10.2. The van der Waals surface area contributed by atoms with Gasteiger partial charge in [0, 0.05) is 36.0 Å². The number of halogens is 1. The summed E-state index contributed by atoms with van der Waals surface area (Å²) >= 11 is 7.98. The van der Waals surface area contributed by atoms with Crippen LogP contribution in [0, 0.1) is 0 Å². The fourth-order valence-corrected chi connectivity index (χ4v) is 5.77. The summed E-state index contributed by atoms with van der Waals surface area (Å²) in [6, 6.07) is 10.7. The Balaban J connectivity index is 1.67. The van der Waals surface area contributed by atoms with Crippen molar-refractivity contribution in [3.05, 3.63) is 50.7 Å². The van der Waals surface area contributed by atoms with Gasteiger partial charge in [0.15, 0.2) is 0 Å². The van der Waals surface area contributed by atoms with Crippen LogP contribution in [0.25, 0.3) is 0 Å². The van der Waals surface area contributed by atoms with Crippen LogP contribution in [0.15, 0.2) is 30.3 Å². The molecule has 3 atom stereocenters. The van der Waals surface area contributed by atoms with Gasteiger partial charge in [-0.3, -0.25) is 4.79 Å². The maximum Gasteiger partial charge on any atom is 0.221 e. The maximum atomic E-state index is 11.4. The molecular formula is C20H23ClN2O2S. The first kappa shape index (κ1) is 18.0. The third-order valence-electron chi connectivity index (χ3n) is 5.21. The first-order valence-electron chi connectivity index (χ1n) is 9.01. The van der Waals surface area contributed by atoms with Crippen molar-refractivity contribution in [2.75, 3.05) is 11.9 Å². The zero-order chi connectivity index (χ0) is 18.3. The Bertz CT molecular complexity index is 837. The molecule has 0 unspecified atom stereocenters. The molecule has 0 radical (unpaired) electrons. The van der Waals surface area contributed by atoms with E-state index in [2.05, 4.69) is 35.8 Å². The second-order valence-corrected chi connectivity index (χ2v) is 9.02. The van der Waals surface area contributed by atoms with Gasteiger partial charge in [-0.05, 0) is 49.1 Å². The molecule has 4 rings (SSSR count). The zero-order valence-electron chi connectivity index (χ0n) is 15.0. The second-order valence-electron chi connectivity index (χ2n) is 7.33. The Labute approximate surface area is 162 Å². The van der Waals surface area contributed by atoms with Crippen molar-refractivity contribution in [1.82, 2.24) is 5.32 Å². The Morgan fingerprint density at radius 2 is 2.23 bits per heavy atom. The monoisotopic (exact) mass is 390 g/mol. The molecule has 2 aromatic rings. The lowest BCUT2D eigenvalue weighted by Crippen LogP contribution is -2.49. The van der Waals surface area contributed by atoms with Crippen molar-refractivity contribution in [1.29, 1.82) is 0 Å². The quantitative estimate of drug-likeness (QED) is 0.785. The minimum Gasteiger partial charge on any atom is -0.369 e. The molecule has 4 nitrogen and oxygen atoms in total. The highest BCUT2D eigenvalue weighted by Gasteiger charge is 2.46. The van der Waals surface area contributed by atoms with Crippen LogP contribution in [0.2, 0.25) is 4.34 Å². The lowest BCUT2D eigenvalue weighted by molar-refractivity contribution is -0.114. The molecule has 26 heavy (non-hydrogen) atoms. The number of fused-ring (bicyclic) bond motifs is 2. The number of carbonyl (C=O) groups excluding carboxylic acids is 1. The highest BCUT2D eigenvalue weighted by atomic mass is 35.5. The number of piperidine rings is 1. The first-order chi connectivity index (χ1) is 12.4. The van der Waals surface area contributed by atoms with Crippen LogP contribution in [0.5, 0.6) is 0 Å². The number of benzene rings is 1. The number of anilines is 1. The predicted octanol–water partition coefficient (Wildman–Crippen LogP) is 4.64. The fourth-order valence-electron chi connectivity index (χ4n) is 4.31. The molecule has 3 heterocycles. The minimum atomic E-state index is -0.273. The molecule has 2 aliphatic heterocycles. The second kappa shape index (κ2) is 6.97. The number of nitrogens with one attached hydrogen (secondary N) is 2. The smallest absolute Gasteiger partial charge is 0.221 e. The van der Waals surface area contributed by atoms with E-state index in [0.29, 0.717) is 6.04 Å². The highest BCUT2D eigenvalue weighted by molar-refractivity contribution is 7.16. The Morgan fingerprint density at radius 1 is 1.38 bits per heavy atom. The average Bonchev–Trinajstić information content (AvgIpc) is 2.96. The number of hydrogen-bond donors (Lipinski definition) is 2. The van der Waals surface area contributed by atoms with Crippen molar-refractivity contribution in [2.45, 2.75) is 50.8 Å². The van der Waals surface area contributed by atoms with Gasteiger partial charge in [0.05, 0.1) is 10.9 Å². The van der Waals surface area contributed by atoms with Crippen LogP contribution < -0.4 is 10.6 Å². The van der Waals surface area contributed by atoms with E-state index in [1.807, 2.05) is 12.1 Å². The summed E-state index contributed by atoms with van der Waals surface area (Å²) in [7, 11) is 0. The van der Waals surface area contributed by atoms with Crippen molar-refractivity contribution in [3.8, 4) is 0 Å². The van der Waals surface area contributed by atoms with Crippen LogP contribution in [-0.4, -0.2) is 18.6 Å². The van der Waals surface area contributed by atoms with Crippen LogP contribution >= 0.6 is 22.9 Å². The van der Waals surface area contributed by atoms with Gasteiger partial charge in [0.2, 0.25) is 5.91 Å². The van der Waals surface area contributed by atoms with Gasteiger partial charge >= 0.3 is 0 Å². The molecule has 1 amide bonds. The van der Waals surface area contributed by atoms with Gasteiger partial charge in [-0.2, -0.15) is 0 Å². The highest BCUT2D eigenvalue weighted by Crippen LogP contribution is 2.50. The number of carbonyl (C=O) groups is 1.